The van der Waals surface area contributed by atoms with Gasteiger partial charge in [-0.3, -0.25) is 4.79 Å². The topological polar surface area (TPSA) is 56.6 Å². The van der Waals surface area contributed by atoms with Gasteiger partial charge in [0.2, 0.25) is 5.91 Å². The molecule has 5 rings (SSSR count). The summed E-state index contributed by atoms with van der Waals surface area (Å²) in [4.78, 5) is 19.7. The first-order valence-corrected chi connectivity index (χ1v) is 11.8. The first-order valence-electron chi connectivity index (χ1n) is 11.8. The maximum Gasteiger partial charge on any atom is 0.227 e. The molecule has 1 fully saturated rings. The number of rotatable bonds is 9. The van der Waals surface area contributed by atoms with Crippen LogP contribution in [0.2, 0.25) is 0 Å². The van der Waals surface area contributed by atoms with Crippen LogP contribution in [-0.2, 0) is 11.3 Å². The molecule has 0 unspecified atom stereocenters. The molecule has 6 heteroatoms. The molecule has 1 amide bonds. The van der Waals surface area contributed by atoms with E-state index in [1.807, 2.05) is 77.7 Å². The van der Waals surface area contributed by atoms with E-state index < -0.39 is 0 Å². The number of fused-ring (bicyclic) bond motifs is 1. The zero-order valence-corrected chi connectivity index (χ0v) is 19.4. The van der Waals surface area contributed by atoms with Crippen LogP contribution in [0.4, 0.5) is 5.69 Å². The molecular weight excluding hydrogens is 426 g/mol. The van der Waals surface area contributed by atoms with Crippen molar-refractivity contribution in [1.29, 1.82) is 0 Å². The van der Waals surface area contributed by atoms with Crippen LogP contribution >= 0.6 is 0 Å². The highest BCUT2D eigenvalue weighted by Crippen LogP contribution is 2.34. The Morgan fingerprint density at radius 3 is 2.47 bits per heavy atom. The summed E-state index contributed by atoms with van der Waals surface area (Å²) >= 11 is 0. The van der Waals surface area contributed by atoms with Crippen molar-refractivity contribution in [3.63, 3.8) is 0 Å². The van der Waals surface area contributed by atoms with E-state index in [0.717, 1.165) is 53.4 Å². The number of aryl methyl sites for hydroxylation is 1. The van der Waals surface area contributed by atoms with E-state index in [4.69, 9.17) is 14.5 Å². The molecule has 34 heavy (non-hydrogen) atoms. The summed E-state index contributed by atoms with van der Waals surface area (Å²) in [6.07, 6.45) is 2.39. The largest absolute Gasteiger partial charge is 0.497 e. The molecule has 1 aliphatic heterocycles. The zero-order valence-electron chi connectivity index (χ0n) is 19.4. The fourth-order valence-electron chi connectivity index (χ4n) is 4.61. The Kier molecular flexibility index (Phi) is 6.47. The van der Waals surface area contributed by atoms with Gasteiger partial charge in [-0.25, -0.2) is 4.98 Å². The van der Waals surface area contributed by atoms with E-state index in [1.54, 1.807) is 7.11 Å². The van der Waals surface area contributed by atoms with Gasteiger partial charge < -0.3 is 18.9 Å². The van der Waals surface area contributed by atoms with Crippen LogP contribution in [0.1, 0.15) is 31.0 Å². The van der Waals surface area contributed by atoms with Gasteiger partial charge in [-0.2, -0.15) is 0 Å². The van der Waals surface area contributed by atoms with Gasteiger partial charge in [0, 0.05) is 31.1 Å². The van der Waals surface area contributed by atoms with Gasteiger partial charge >= 0.3 is 0 Å². The monoisotopic (exact) mass is 455 g/mol. The van der Waals surface area contributed by atoms with Crippen LogP contribution in [0.3, 0.4) is 0 Å². The van der Waals surface area contributed by atoms with Gasteiger partial charge in [0.1, 0.15) is 17.3 Å². The second-order valence-corrected chi connectivity index (χ2v) is 8.58. The number of amides is 1. The lowest BCUT2D eigenvalue weighted by atomic mass is 10.1. The van der Waals surface area contributed by atoms with Gasteiger partial charge in [0.25, 0.3) is 0 Å². The van der Waals surface area contributed by atoms with E-state index >= 15 is 0 Å². The van der Waals surface area contributed by atoms with Crippen molar-refractivity contribution < 1.29 is 14.3 Å². The van der Waals surface area contributed by atoms with Gasteiger partial charge in [-0.1, -0.05) is 30.3 Å². The highest BCUT2D eigenvalue weighted by molar-refractivity contribution is 5.96. The Morgan fingerprint density at radius 1 is 0.912 bits per heavy atom. The van der Waals surface area contributed by atoms with Crippen LogP contribution in [-0.4, -0.2) is 35.7 Å². The normalized spacial score (nSPS) is 15.7. The lowest BCUT2D eigenvalue weighted by Gasteiger charge is -2.18. The Labute approximate surface area is 199 Å². The Balaban J connectivity index is 1.30. The van der Waals surface area contributed by atoms with Crippen molar-refractivity contribution in [2.24, 2.45) is 0 Å². The van der Waals surface area contributed by atoms with Crippen LogP contribution in [0.25, 0.3) is 11.0 Å². The van der Waals surface area contributed by atoms with Gasteiger partial charge in [0.05, 0.1) is 24.8 Å². The first-order chi connectivity index (χ1) is 16.7. The Morgan fingerprint density at radius 2 is 1.68 bits per heavy atom. The summed E-state index contributed by atoms with van der Waals surface area (Å²) in [6.45, 7) is 2.16. The minimum atomic E-state index is 0.0579. The molecule has 1 saturated heterocycles. The molecule has 3 aromatic carbocycles. The number of hydrogen-bond donors (Lipinski definition) is 0. The average Bonchev–Trinajstić information content (AvgIpc) is 3.45. The molecule has 1 atom stereocenters. The van der Waals surface area contributed by atoms with E-state index in [1.165, 1.54) is 0 Å². The molecule has 1 aromatic heterocycles. The predicted molar refractivity (Wildman–Crippen MR) is 134 cm³/mol. The molecule has 6 nitrogen and oxygen atoms in total. The van der Waals surface area contributed by atoms with Crippen LogP contribution in [0.15, 0.2) is 78.9 Å². The molecule has 0 saturated carbocycles. The summed E-state index contributed by atoms with van der Waals surface area (Å²) in [5, 5.41) is 0. The van der Waals surface area contributed by atoms with Crippen molar-refractivity contribution in [2.45, 2.75) is 31.7 Å². The number of carbonyl (C=O) groups is 1. The molecule has 4 aromatic rings. The standard InChI is InChI=1S/C28H29N3O3/c1-33-23-15-13-22(14-16-23)31-20-21(19-27(31)32)28-29-25-11-5-6-12-26(25)30(28)17-7-8-18-34-24-9-3-2-4-10-24/h2-6,9-16,21H,7-8,17-20H2,1H3/t21-/m0/s1. The summed E-state index contributed by atoms with van der Waals surface area (Å²) in [5.74, 6) is 2.87. The number of hydrogen-bond acceptors (Lipinski definition) is 4. The maximum atomic E-state index is 12.9. The van der Waals surface area contributed by atoms with Crippen molar-refractivity contribution in [1.82, 2.24) is 9.55 Å². The number of para-hydroxylation sites is 3. The third kappa shape index (κ3) is 4.62. The Hall–Kier alpha value is -3.80. The molecule has 2 heterocycles. The zero-order chi connectivity index (χ0) is 23.3. The van der Waals surface area contributed by atoms with Crippen molar-refractivity contribution in [2.75, 3.05) is 25.2 Å². The number of carbonyl (C=O) groups excluding carboxylic acids is 1. The number of methoxy groups -OCH3 is 1. The Bertz CT molecular complexity index is 1250. The van der Waals surface area contributed by atoms with Crippen molar-refractivity contribution >= 4 is 22.6 Å². The van der Waals surface area contributed by atoms with Gasteiger partial charge in [-0.15, -0.1) is 0 Å². The van der Waals surface area contributed by atoms with E-state index in [-0.39, 0.29) is 11.8 Å². The number of unbranched alkanes of at least 4 members (excludes halogenated alkanes) is 1. The SMILES string of the molecule is COc1ccc(N2C[C@@H](c3nc4ccccc4n3CCCCOc3ccccc3)CC2=O)cc1. The molecule has 0 N–H and O–H groups in total. The summed E-state index contributed by atoms with van der Waals surface area (Å²) in [7, 11) is 1.64. The summed E-state index contributed by atoms with van der Waals surface area (Å²) < 4.78 is 13.4. The van der Waals surface area contributed by atoms with E-state index in [9.17, 15) is 4.79 Å². The fourth-order valence-corrected chi connectivity index (χ4v) is 4.61. The van der Waals surface area contributed by atoms with Gasteiger partial charge in [0.15, 0.2) is 0 Å². The number of aromatic nitrogens is 2. The second-order valence-electron chi connectivity index (χ2n) is 8.58. The summed E-state index contributed by atoms with van der Waals surface area (Å²) in [6, 6.07) is 25.8. The molecule has 0 bridgehead atoms. The lowest BCUT2D eigenvalue weighted by molar-refractivity contribution is -0.117. The smallest absolute Gasteiger partial charge is 0.227 e. The number of ether oxygens (including phenoxy) is 2. The highest BCUT2D eigenvalue weighted by Gasteiger charge is 2.34. The maximum absolute atomic E-state index is 12.9. The van der Waals surface area contributed by atoms with E-state index in [2.05, 4.69) is 10.6 Å². The molecule has 0 radical (unpaired) electrons. The van der Waals surface area contributed by atoms with Crippen LogP contribution < -0.4 is 14.4 Å². The number of nitrogens with zero attached hydrogens (tertiary/aromatic N) is 3. The molecular formula is C28H29N3O3. The predicted octanol–water partition coefficient (Wildman–Crippen LogP) is 5.42. The van der Waals surface area contributed by atoms with Gasteiger partial charge in [-0.05, 0) is 61.4 Å². The highest BCUT2D eigenvalue weighted by atomic mass is 16.5. The van der Waals surface area contributed by atoms with Crippen LogP contribution in [0.5, 0.6) is 11.5 Å². The number of anilines is 1. The van der Waals surface area contributed by atoms with E-state index in [0.29, 0.717) is 19.6 Å². The number of benzene rings is 3. The lowest BCUT2D eigenvalue weighted by Crippen LogP contribution is -2.24. The van der Waals surface area contributed by atoms with Crippen molar-refractivity contribution in [3.05, 3.63) is 84.7 Å². The second kappa shape index (κ2) is 10.00. The van der Waals surface area contributed by atoms with Crippen molar-refractivity contribution in [3.8, 4) is 11.5 Å². The molecule has 0 aliphatic carbocycles. The quantitative estimate of drug-likeness (QED) is 0.316. The summed E-state index contributed by atoms with van der Waals surface area (Å²) in [5.41, 5.74) is 3.00. The minimum absolute atomic E-state index is 0.0579. The third-order valence-electron chi connectivity index (χ3n) is 6.35. The minimum Gasteiger partial charge on any atom is -0.497 e. The number of imidazole rings is 1. The average molecular weight is 456 g/mol. The molecule has 1 aliphatic rings. The van der Waals surface area contributed by atoms with Crippen LogP contribution in [0, 0.1) is 0 Å². The third-order valence-corrected chi connectivity index (χ3v) is 6.35. The molecule has 0 spiro atoms. The molecule has 174 valence electrons. The fraction of sp³-hybridized carbons (Fsp3) is 0.286. The first kappa shape index (κ1) is 22.0.